The highest BCUT2D eigenvalue weighted by Gasteiger charge is 2.31. The average molecular weight is 464 g/mol. The summed E-state index contributed by atoms with van der Waals surface area (Å²) in [5.41, 5.74) is 2.64. The summed E-state index contributed by atoms with van der Waals surface area (Å²) >= 11 is 5.94. The van der Waals surface area contributed by atoms with Gasteiger partial charge in [-0.05, 0) is 67.7 Å². The predicted octanol–water partition coefficient (Wildman–Crippen LogP) is 3.80. The number of carbonyl (C=O) groups excluding carboxylic acids is 1. The fraction of sp³-hybridized carbons (Fsp3) is 0.435. The summed E-state index contributed by atoms with van der Waals surface area (Å²) in [5, 5.41) is 3.42. The topological polar surface area (TPSA) is 69.7 Å². The zero-order chi connectivity index (χ0) is 22.4. The van der Waals surface area contributed by atoms with E-state index in [0.717, 1.165) is 31.5 Å². The first-order chi connectivity index (χ1) is 14.8. The van der Waals surface area contributed by atoms with E-state index < -0.39 is 16.1 Å². The van der Waals surface area contributed by atoms with Crippen molar-refractivity contribution in [1.29, 1.82) is 0 Å². The molecule has 0 bridgehead atoms. The number of anilines is 1. The molecule has 0 unspecified atom stereocenters. The Morgan fingerprint density at radius 2 is 1.77 bits per heavy atom. The van der Waals surface area contributed by atoms with Gasteiger partial charge in [0.25, 0.3) is 0 Å². The molecule has 168 valence electrons. The molecule has 8 heteroatoms. The van der Waals surface area contributed by atoms with E-state index in [1.165, 1.54) is 22.7 Å². The molecule has 1 N–H and O–H groups in total. The van der Waals surface area contributed by atoms with Crippen LogP contribution in [0.2, 0.25) is 5.02 Å². The Balaban J connectivity index is 1.70. The Hall–Kier alpha value is -2.09. The van der Waals surface area contributed by atoms with Gasteiger partial charge in [-0.1, -0.05) is 42.8 Å². The van der Waals surface area contributed by atoms with Crippen LogP contribution in [0.3, 0.4) is 0 Å². The number of sulfonamides is 1. The van der Waals surface area contributed by atoms with Crippen LogP contribution in [0.25, 0.3) is 0 Å². The summed E-state index contributed by atoms with van der Waals surface area (Å²) in [7, 11) is -3.67. The van der Waals surface area contributed by atoms with E-state index in [1.807, 2.05) is 12.1 Å². The van der Waals surface area contributed by atoms with Crippen molar-refractivity contribution in [2.45, 2.75) is 45.3 Å². The van der Waals surface area contributed by atoms with Gasteiger partial charge in [-0.15, -0.1) is 0 Å². The zero-order valence-corrected chi connectivity index (χ0v) is 19.6. The summed E-state index contributed by atoms with van der Waals surface area (Å²) in [4.78, 5) is 15.4. The van der Waals surface area contributed by atoms with Crippen molar-refractivity contribution in [3.8, 4) is 0 Å². The van der Waals surface area contributed by atoms with Crippen LogP contribution >= 0.6 is 11.6 Å². The lowest BCUT2D eigenvalue weighted by Crippen LogP contribution is -2.49. The molecule has 0 saturated carbocycles. The van der Waals surface area contributed by atoms with Crippen LogP contribution in [-0.4, -0.2) is 44.6 Å². The fourth-order valence-electron chi connectivity index (χ4n) is 3.99. The van der Waals surface area contributed by atoms with E-state index in [2.05, 4.69) is 22.3 Å². The van der Waals surface area contributed by atoms with Crippen LogP contribution in [0, 0.1) is 0 Å². The molecule has 31 heavy (non-hydrogen) atoms. The third-order valence-corrected chi connectivity index (χ3v) is 6.91. The molecule has 0 radical (unpaired) electrons. The number of nitrogens with one attached hydrogen (secondary N) is 1. The second-order valence-corrected chi connectivity index (χ2v) is 10.3. The Morgan fingerprint density at radius 1 is 1.13 bits per heavy atom. The maximum absolute atomic E-state index is 13.0. The van der Waals surface area contributed by atoms with E-state index in [-0.39, 0.29) is 5.91 Å². The lowest BCUT2D eigenvalue weighted by Gasteiger charge is -2.30. The third kappa shape index (κ3) is 6.45. The molecule has 3 rings (SSSR count). The first kappa shape index (κ1) is 23.6. The smallest absolute Gasteiger partial charge is 0.244 e. The Kier molecular flexibility index (Phi) is 7.97. The highest BCUT2D eigenvalue weighted by molar-refractivity contribution is 7.92. The molecule has 1 aliphatic heterocycles. The number of rotatable bonds is 9. The molecule has 0 aliphatic carbocycles. The summed E-state index contributed by atoms with van der Waals surface area (Å²) in [5.74, 6) is -0.326. The lowest BCUT2D eigenvalue weighted by molar-refractivity contribution is -0.122. The van der Waals surface area contributed by atoms with Crippen molar-refractivity contribution < 1.29 is 13.2 Å². The van der Waals surface area contributed by atoms with E-state index in [4.69, 9.17) is 11.6 Å². The number of benzene rings is 2. The van der Waals surface area contributed by atoms with Gasteiger partial charge >= 0.3 is 0 Å². The molecule has 1 saturated heterocycles. The van der Waals surface area contributed by atoms with Crippen LogP contribution in [0.4, 0.5) is 5.69 Å². The monoisotopic (exact) mass is 463 g/mol. The largest absolute Gasteiger partial charge is 0.350 e. The van der Waals surface area contributed by atoms with Crippen LogP contribution in [-0.2, 0) is 27.9 Å². The lowest BCUT2D eigenvalue weighted by atomic mass is 10.1. The van der Waals surface area contributed by atoms with Crippen molar-refractivity contribution >= 4 is 33.2 Å². The van der Waals surface area contributed by atoms with E-state index in [1.54, 1.807) is 31.2 Å². The first-order valence-corrected chi connectivity index (χ1v) is 12.8. The highest BCUT2D eigenvalue weighted by atomic mass is 35.5. The summed E-state index contributed by atoms with van der Waals surface area (Å²) in [6.45, 7) is 5.32. The van der Waals surface area contributed by atoms with Crippen molar-refractivity contribution in [2.75, 3.05) is 23.7 Å². The maximum Gasteiger partial charge on any atom is 0.244 e. The van der Waals surface area contributed by atoms with E-state index in [9.17, 15) is 13.2 Å². The molecular weight excluding hydrogens is 434 g/mol. The minimum Gasteiger partial charge on any atom is -0.350 e. The van der Waals surface area contributed by atoms with E-state index in [0.29, 0.717) is 23.7 Å². The molecule has 6 nitrogen and oxygen atoms in total. The van der Waals surface area contributed by atoms with Crippen LogP contribution < -0.4 is 9.62 Å². The maximum atomic E-state index is 13.0. The van der Waals surface area contributed by atoms with Gasteiger partial charge in [0.15, 0.2) is 0 Å². The van der Waals surface area contributed by atoms with Gasteiger partial charge in [0.05, 0.1) is 11.9 Å². The number of carbonyl (C=O) groups is 1. The standard InChI is InChI=1S/C23H30ClN3O3S/c1-3-22(27(31(2,29)30)21-11-9-20(24)10-12-21)23(28)25-16-18-7-6-8-19(15-18)17-26-13-4-5-14-26/h6-12,15,22H,3-5,13-14,16-17H2,1-2H3,(H,25,28)/t22-/m0/s1. The third-order valence-electron chi connectivity index (χ3n) is 5.47. The molecule has 2 aromatic rings. The minimum absolute atomic E-state index is 0.326. The molecule has 1 atom stereocenters. The van der Waals surface area contributed by atoms with Crippen molar-refractivity contribution in [3.63, 3.8) is 0 Å². The number of nitrogens with zero attached hydrogens (tertiary/aromatic N) is 2. The number of amides is 1. The summed E-state index contributed by atoms with van der Waals surface area (Å²) < 4.78 is 26.2. The van der Waals surface area contributed by atoms with Crippen molar-refractivity contribution in [3.05, 3.63) is 64.7 Å². The van der Waals surface area contributed by atoms with Gasteiger partial charge < -0.3 is 5.32 Å². The zero-order valence-electron chi connectivity index (χ0n) is 18.1. The van der Waals surface area contributed by atoms with Gasteiger partial charge in [-0.25, -0.2) is 8.42 Å². The number of likely N-dealkylation sites (tertiary alicyclic amines) is 1. The van der Waals surface area contributed by atoms with Gasteiger partial charge in [0.1, 0.15) is 6.04 Å². The number of halogens is 1. The van der Waals surface area contributed by atoms with E-state index >= 15 is 0 Å². The summed E-state index contributed by atoms with van der Waals surface area (Å²) in [6.07, 6.45) is 3.95. The SMILES string of the molecule is CC[C@@H](C(=O)NCc1cccc(CN2CCCC2)c1)N(c1ccc(Cl)cc1)S(C)(=O)=O. The minimum atomic E-state index is -3.67. The first-order valence-electron chi connectivity index (χ1n) is 10.6. The van der Waals surface area contributed by atoms with Crippen LogP contribution in [0.15, 0.2) is 48.5 Å². The van der Waals surface area contributed by atoms with Crippen molar-refractivity contribution in [2.24, 2.45) is 0 Å². The van der Waals surface area contributed by atoms with Gasteiger partial charge in [-0.3, -0.25) is 14.0 Å². The average Bonchev–Trinajstić information content (AvgIpc) is 3.23. The summed E-state index contributed by atoms with van der Waals surface area (Å²) in [6, 6.07) is 13.8. The van der Waals surface area contributed by atoms with Gasteiger partial charge in [0.2, 0.25) is 15.9 Å². The second kappa shape index (κ2) is 10.5. The Morgan fingerprint density at radius 3 is 2.39 bits per heavy atom. The normalized spacial score (nSPS) is 15.6. The second-order valence-electron chi connectivity index (χ2n) is 7.98. The molecule has 1 amide bonds. The predicted molar refractivity (Wildman–Crippen MR) is 126 cm³/mol. The molecular formula is C23H30ClN3O3S. The number of hydrogen-bond donors (Lipinski definition) is 1. The Labute approximate surface area is 190 Å². The van der Waals surface area contributed by atoms with Crippen LogP contribution in [0.1, 0.15) is 37.3 Å². The fourth-order valence-corrected chi connectivity index (χ4v) is 5.33. The van der Waals surface area contributed by atoms with Crippen molar-refractivity contribution in [1.82, 2.24) is 10.2 Å². The highest BCUT2D eigenvalue weighted by Crippen LogP contribution is 2.24. The number of hydrogen-bond acceptors (Lipinski definition) is 4. The van der Waals surface area contributed by atoms with Crippen LogP contribution in [0.5, 0.6) is 0 Å². The Bertz CT molecular complexity index is 989. The molecule has 1 aliphatic rings. The van der Waals surface area contributed by atoms with Gasteiger partial charge in [-0.2, -0.15) is 0 Å². The molecule has 1 heterocycles. The molecule has 0 aromatic heterocycles. The molecule has 2 aromatic carbocycles. The molecule has 1 fully saturated rings. The quantitative estimate of drug-likeness (QED) is 0.614. The molecule has 0 spiro atoms. The van der Waals surface area contributed by atoms with Gasteiger partial charge in [0, 0.05) is 18.1 Å².